The van der Waals surface area contributed by atoms with Gasteiger partial charge in [-0.25, -0.2) is 4.39 Å². The number of carboxylic acid groups (broad SMARTS) is 1. The molecule has 0 radical (unpaired) electrons. The van der Waals surface area contributed by atoms with Crippen LogP contribution in [0.3, 0.4) is 0 Å². The monoisotopic (exact) mass is 331 g/mol. The number of carboxylic acids is 1. The molecule has 1 aliphatic heterocycles. The third kappa shape index (κ3) is 3.64. The number of aryl methyl sites for hydroxylation is 1. The molecule has 1 fully saturated rings. The van der Waals surface area contributed by atoms with Crippen molar-refractivity contribution in [3.05, 3.63) is 53.6 Å². The highest BCUT2D eigenvalue weighted by Gasteiger charge is 2.42. The van der Waals surface area contributed by atoms with Crippen LogP contribution in [0.25, 0.3) is 0 Å². The molecule has 1 saturated heterocycles. The standard InChI is InChI=1S/C18H22FN3O2/c1-21-11-15(10-20-21)12-22-8-2-7-18(13-22,17(23)24)9-14-3-5-16(19)6-4-14/h3-6,10-11H,2,7-9,12-13H2,1H3,(H,23,24). The summed E-state index contributed by atoms with van der Waals surface area (Å²) in [6.45, 7) is 2.08. The molecule has 1 aliphatic rings. The van der Waals surface area contributed by atoms with Crippen molar-refractivity contribution in [1.82, 2.24) is 14.7 Å². The molecule has 5 nitrogen and oxygen atoms in total. The Labute approximate surface area is 140 Å². The molecular formula is C18H22FN3O2. The van der Waals surface area contributed by atoms with Gasteiger partial charge in [0, 0.05) is 31.9 Å². The Bertz CT molecular complexity index is 713. The molecule has 1 atom stereocenters. The Morgan fingerprint density at radius 1 is 1.33 bits per heavy atom. The van der Waals surface area contributed by atoms with Crippen LogP contribution in [-0.2, 0) is 24.8 Å². The average Bonchev–Trinajstić information content (AvgIpc) is 2.95. The SMILES string of the molecule is Cn1cc(CN2CCCC(Cc3ccc(F)cc3)(C(=O)O)C2)cn1. The fourth-order valence-corrected chi connectivity index (χ4v) is 3.56. The van der Waals surface area contributed by atoms with E-state index >= 15 is 0 Å². The van der Waals surface area contributed by atoms with Crippen LogP contribution in [-0.4, -0.2) is 38.8 Å². The van der Waals surface area contributed by atoms with Gasteiger partial charge in [0.2, 0.25) is 0 Å². The van der Waals surface area contributed by atoms with Crippen molar-refractivity contribution in [3.63, 3.8) is 0 Å². The molecule has 3 rings (SSSR count). The van der Waals surface area contributed by atoms with E-state index in [0.717, 1.165) is 24.1 Å². The summed E-state index contributed by atoms with van der Waals surface area (Å²) in [5.74, 6) is -1.08. The van der Waals surface area contributed by atoms with Crippen molar-refractivity contribution >= 4 is 5.97 Å². The summed E-state index contributed by atoms with van der Waals surface area (Å²) in [4.78, 5) is 14.2. The van der Waals surface area contributed by atoms with Gasteiger partial charge in [-0.2, -0.15) is 5.10 Å². The number of piperidine rings is 1. The number of halogens is 1. The molecule has 2 aromatic rings. The lowest BCUT2D eigenvalue weighted by Gasteiger charge is -2.40. The van der Waals surface area contributed by atoms with Gasteiger partial charge in [0.05, 0.1) is 11.6 Å². The predicted octanol–water partition coefficient (Wildman–Crippen LogP) is 2.47. The van der Waals surface area contributed by atoms with Gasteiger partial charge in [0.15, 0.2) is 0 Å². The topological polar surface area (TPSA) is 58.4 Å². The lowest BCUT2D eigenvalue weighted by molar-refractivity contribution is -0.152. The van der Waals surface area contributed by atoms with Crippen molar-refractivity contribution in [3.8, 4) is 0 Å². The van der Waals surface area contributed by atoms with Crippen LogP contribution in [0.2, 0.25) is 0 Å². The maximum atomic E-state index is 13.1. The number of aliphatic carboxylic acids is 1. The predicted molar refractivity (Wildman–Crippen MR) is 87.9 cm³/mol. The van der Waals surface area contributed by atoms with Crippen molar-refractivity contribution in [1.29, 1.82) is 0 Å². The Hall–Kier alpha value is -2.21. The molecule has 128 valence electrons. The van der Waals surface area contributed by atoms with E-state index < -0.39 is 11.4 Å². The first-order chi connectivity index (χ1) is 11.5. The fraction of sp³-hybridized carbons (Fsp3) is 0.444. The second-order valence-electron chi connectivity index (χ2n) is 6.73. The number of nitrogens with zero attached hydrogens (tertiary/aromatic N) is 3. The molecule has 0 saturated carbocycles. The molecule has 0 aliphatic carbocycles. The number of carbonyl (C=O) groups is 1. The van der Waals surface area contributed by atoms with Crippen LogP contribution in [0, 0.1) is 11.2 Å². The van der Waals surface area contributed by atoms with Crippen molar-refractivity contribution in [2.24, 2.45) is 12.5 Å². The number of aromatic nitrogens is 2. The van der Waals surface area contributed by atoms with Crippen LogP contribution in [0.4, 0.5) is 4.39 Å². The second kappa shape index (κ2) is 6.73. The lowest BCUT2D eigenvalue weighted by atomic mass is 9.75. The summed E-state index contributed by atoms with van der Waals surface area (Å²) in [7, 11) is 1.87. The van der Waals surface area contributed by atoms with Crippen molar-refractivity contribution in [2.75, 3.05) is 13.1 Å². The van der Waals surface area contributed by atoms with Gasteiger partial charge in [0.1, 0.15) is 5.82 Å². The Morgan fingerprint density at radius 2 is 2.08 bits per heavy atom. The van der Waals surface area contributed by atoms with Crippen molar-refractivity contribution in [2.45, 2.75) is 25.8 Å². The quantitative estimate of drug-likeness (QED) is 0.914. The largest absolute Gasteiger partial charge is 0.481 e. The molecule has 2 heterocycles. The average molecular weight is 331 g/mol. The van der Waals surface area contributed by atoms with Gasteiger partial charge in [0.25, 0.3) is 0 Å². The third-order valence-electron chi connectivity index (χ3n) is 4.73. The van der Waals surface area contributed by atoms with Crippen molar-refractivity contribution < 1.29 is 14.3 Å². The fourth-order valence-electron chi connectivity index (χ4n) is 3.56. The molecular weight excluding hydrogens is 309 g/mol. The van der Waals surface area contributed by atoms with E-state index in [2.05, 4.69) is 10.00 Å². The number of hydrogen-bond donors (Lipinski definition) is 1. The molecule has 1 N–H and O–H groups in total. The summed E-state index contributed by atoms with van der Waals surface area (Å²) in [6.07, 6.45) is 5.68. The number of likely N-dealkylation sites (tertiary alicyclic amines) is 1. The first kappa shape index (κ1) is 16.6. The number of benzene rings is 1. The Morgan fingerprint density at radius 3 is 2.71 bits per heavy atom. The highest BCUT2D eigenvalue weighted by Crippen LogP contribution is 2.35. The zero-order chi connectivity index (χ0) is 17.2. The highest BCUT2D eigenvalue weighted by molar-refractivity contribution is 5.75. The van der Waals surface area contributed by atoms with E-state index in [1.165, 1.54) is 12.1 Å². The number of rotatable bonds is 5. The molecule has 0 amide bonds. The first-order valence-corrected chi connectivity index (χ1v) is 8.15. The lowest BCUT2D eigenvalue weighted by Crippen LogP contribution is -2.48. The smallest absolute Gasteiger partial charge is 0.311 e. The minimum Gasteiger partial charge on any atom is -0.481 e. The van der Waals surface area contributed by atoms with E-state index in [-0.39, 0.29) is 5.82 Å². The van der Waals surface area contributed by atoms with E-state index in [1.807, 2.05) is 19.4 Å². The minimum atomic E-state index is -0.821. The van der Waals surface area contributed by atoms with Crippen LogP contribution in [0.15, 0.2) is 36.7 Å². The van der Waals surface area contributed by atoms with E-state index in [0.29, 0.717) is 25.9 Å². The Balaban J connectivity index is 1.76. The molecule has 0 spiro atoms. The maximum absolute atomic E-state index is 13.1. The zero-order valence-electron chi connectivity index (χ0n) is 13.8. The summed E-state index contributed by atoms with van der Waals surface area (Å²) >= 11 is 0. The van der Waals surface area contributed by atoms with Gasteiger partial charge < -0.3 is 5.11 Å². The molecule has 24 heavy (non-hydrogen) atoms. The molecule has 1 unspecified atom stereocenters. The molecule has 1 aromatic carbocycles. The minimum absolute atomic E-state index is 0.301. The van der Waals surface area contributed by atoms with Crippen LogP contribution < -0.4 is 0 Å². The number of hydrogen-bond acceptors (Lipinski definition) is 3. The van der Waals surface area contributed by atoms with Gasteiger partial charge >= 0.3 is 5.97 Å². The van der Waals surface area contributed by atoms with Gasteiger partial charge in [-0.05, 0) is 43.5 Å². The van der Waals surface area contributed by atoms with E-state index in [9.17, 15) is 14.3 Å². The van der Waals surface area contributed by atoms with Crippen LogP contribution >= 0.6 is 0 Å². The Kier molecular flexibility index (Phi) is 4.66. The molecule has 0 bridgehead atoms. The first-order valence-electron chi connectivity index (χ1n) is 8.15. The highest BCUT2D eigenvalue weighted by atomic mass is 19.1. The van der Waals surface area contributed by atoms with Crippen LogP contribution in [0.1, 0.15) is 24.0 Å². The van der Waals surface area contributed by atoms with Gasteiger partial charge in [-0.15, -0.1) is 0 Å². The molecule has 6 heteroatoms. The van der Waals surface area contributed by atoms with Gasteiger partial charge in [-0.3, -0.25) is 14.4 Å². The summed E-state index contributed by atoms with van der Waals surface area (Å²) in [5, 5.41) is 14.0. The molecule has 1 aromatic heterocycles. The van der Waals surface area contributed by atoms with Crippen LogP contribution in [0.5, 0.6) is 0 Å². The second-order valence-corrected chi connectivity index (χ2v) is 6.73. The van der Waals surface area contributed by atoms with Gasteiger partial charge in [-0.1, -0.05) is 12.1 Å². The third-order valence-corrected chi connectivity index (χ3v) is 4.73. The maximum Gasteiger partial charge on any atom is 0.311 e. The zero-order valence-corrected chi connectivity index (χ0v) is 13.8. The summed E-state index contributed by atoms with van der Waals surface area (Å²) < 4.78 is 14.8. The van der Waals surface area contributed by atoms with E-state index in [4.69, 9.17) is 0 Å². The van der Waals surface area contributed by atoms with E-state index in [1.54, 1.807) is 16.8 Å². The summed E-state index contributed by atoms with van der Waals surface area (Å²) in [5.41, 5.74) is 1.13. The summed E-state index contributed by atoms with van der Waals surface area (Å²) in [6, 6.07) is 6.14. The normalized spacial score (nSPS) is 21.8.